The van der Waals surface area contributed by atoms with Gasteiger partial charge >= 0.3 is 0 Å². The zero-order chi connectivity index (χ0) is 30.0. The summed E-state index contributed by atoms with van der Waals surface area (Å²) in [5, 5.41) is 14.2. The summed E-state index contributed by atoms with van der Waals surface area (Å²) in [5.74, 6) is -0.450. The number of benzene rings is 3. The van der Waals surface area contributed by atoms with Crippen LogP contribution in [0.1, 0.15) is 39.6 Å². The fraction of sp³-hybridized carbons (Fsp3) is 0.323. The van der Waals surface area contributed by atoms with E-state index in [4.69, 9.17) is 27.9 Å². The van der Waals surface area contributed by atoms with Crippen LogP contribution < -0.4 is 10.1 Å². The maximum absolute atomic E-state index is 13.8. The highest BCUT2D eigenvalue weighted by Crippen LogP contribution is 2.36. The Morgan fingerprint density at radius 2 is 1.98 bits per heavy atom. The molecule has 11 heteroatoms. The van der Waals surface area contributed by atoms with Gasteiger partial charge in [0.15, 0.2) is 10.8 Å². The lowest BCUT2D eigenvalue weighted by Crippen LogP contribution is -2.49. The number of aliphatic hydroxyl groups excluding tert-OH is 1. The Balaban J connectivity index is 1.46. The van der Waals surface area contributed by atoms with Crippen molar-refractivity contribution in [3.63, 3.8) is 0 Å². The first-order valence-electron chi connectivity index (χ1n) is 13.7. The summed E-state index contributed by atoms with van der Waals surface area (Å²) in [7, 11) is 1.98. The second kappa shape index (κ2) is 13.0. The Bertz CT molecular complexity index is 1580. The van der Waals surface area contributed by atoms with Crippen molar-refractivity contribution >= 4 is 62.3 Å². The number of fused-ring (bicyclic) bond motifs is 2. The van der Waals surface area contributed by atoms with Gasteiger partial charge in [0.05, 0.1) is 44.2 Å². The number of aromatic nitrogens is 1. The van der Waals surface area contributed by atoms with E-state index in [1.165, 1.54) is 11.3 Å². The number of para-hydroxylation sites is 2. The molecule has 0 fully saturated rings. The molecule has 0 saturated carbocycles. The number of aliphatic hydroxyl groups is 1. The number of carbonyl (C=O) groups excluding carboxylic acids is 2. The smallest absolute Gasteiger partial charge is 0.284 e. The number of hydrogen-bond donors (Lipinski definition) is 2. The quantitative estimate of drug-likeness (QED) is 0.241. The molecule has 3 aromatic carbocycles. The lowest BCUT2D eigenvalue weighted by Gasteiger charge is -2.38. The molecule has 1 aromatic heterocycles. The Kier molecular flexibility index (Phi) is 9.35. The minimum atomic E-state index is -0.401. The lowest BCUT2D eigenvalue weighted by atomic mass is 9.98. The largest absolute Gasteiger partial charge is 0.486 e. The molecule has 5 rings (SSSR count). The summed E-state index contributed by atoms with van der Waals surface area (Å²) in [6, 6.07) is 17.8. The molecule has 0 spiro atoms. The second-order valence-corrected chi connectivity index (χ2v) is 12.5. The van der Waals surface area contributed by atoms with Crippen molar-refractivity contribution < 1.29 is 19.4 Å². The summed E-state index contributed by atoms with van der Waals surface area (Å²) >= 11 is 13.6. The molecule has 0 saturated heterocycles. The predicted molar refractivity (Wildman–Crippen MR) is 168 cm³/mol. The van der Waals surface area contributed by atoms with Crippen LogP contribution in [0.5, 0.6) is 5.75 Å². The number of amides is 2. The van der Waals surface area contributed by atoms with Crippen LogP contribution in [0.4, 0.5) is 5.69 Å². The van der Waals surface area contributed by atoms with Gasteiger partial charge in [-0.2, -0.15) is 0 Å². The maximum Gasteiger partial charge on any atom is 0.284 e. The number of thiazole rings is 1. The number of anilines is 1. The number of halogens is 2. The topological polar surface area (TPSA) is 95.0 Å². The van der Waals surface area contributed by atoms with Crippen LogP contribution in [0.3, 0.4) is 0 Å². The molecule has 2 amide bonds. The van der Waals surface area contributed by atoms with Crippen LogP contribution in [-0.4, -0.2) is 70.6 Å². The predicted octanol–water partition coefficient (Wildman–Crippen LogP) is 6.21. The standard InChI is InChI=1S/C31H32Cl2N4O4S/c1-18-14-37(19(2)17-38)31(40)21-7-6-9-25(34-29(39)30-35-24-8-4-5-10-27(24)42-30)28(21)41-26(18)16-36(3)15-20-11-12-22(32)23(33)13-20/h4-13,18-19,26,38H,14-17H2,1-3H3,(H,34,39)/t18-,19+,26-/m1/s1. The third-order valence-corrected chi connectivity index (χ3v) is 9.13. The summed E-state index contributed by atoms with van der Waals surface area (Å²) in [5.41, 5.74) is 2.45. The molecular weight excluding hydrogens is 595 g/mol. The van der Waals surface area contributed by atoms with E-state index in [2.05, 4.69) is 15.2 Å². The number of likely N-dealkylation sites (N-methyl/N-ethyl adjacent to an activating group) is 1. The molecule has 2 N–H and O–H groups in total. The molecule has 0 bridgehead atoms. The van der Waals surface area contributed by atoms with Gasteiger partial charge in [-0.05, 0) is 55.9 Å². The number of carbonyl (C=O) groups is 2. The van der Waals surface area contributed by atoms with E-state index in [1.807, 2.05) is 57.3 Å². The van der Waals surface area contributed by atoms with Gasteiger partial charge < -0.3 is 20.1 Å². The Labute approximate surface area is 258 Å². The fourth-order valence-electron chi connectivity index (χ4n) is 5.03. The van der Waals surface area contributed by atoms with E-state index in [0.717, 1.165) is 15.8 Å². The van der Waals surface area contributed by atoms with Crippen molar-refractivity contribution in [1.82, 2.24) is 14.8 Å². The molecule has 1 aliphatic heterocycles. The SMILES string of the molecule is C[C@@H]1CN([C@@H](C)CO)C(=O)c2cccc(NC(=O)c3nc4ccccc4s3)c2O[C@@H]1CN(C)Cc1ccc(Cl)c(Cl)c1. The van der Waals surface area contributed by atoms with Gasteiger partial charge in [0, 0.05) is 25.6 Å². The fourth-order valence-corrected chi connectivity index (χ4v) is 6.21. The summed E-state index contributed by atoms with van der Waals surface area (Å²) in [6.45, 7) is 5.18. The molecule has 0 unspecified atom stereocenters. The number of hydrogen-bond acceptors (Lipinski definition) is 7. The summed E-state index contributed by atoms with van der Waals surface area (Å²) in [6.07, 6.45) is -0.349. The van der Waals surface area contributed by atoms with Gasteiger partial charge in [-0.3, -0.25) is 14.5 Å². The highest BCUT2D eigenvalue weighted by atomic mass is 35.5. The van der Waals surface area contributed by atoms with E-state index in [9.17, 15) is 14.7 Å². The number of nitrogens with one attached hydrogen (secondary N) is 1. The average Bonchev–Trinajstić information content (AvgIpc) is 3.41. The second-order valence-electron chi connectivity index (χ2n) is 10.7. The van der Waals surface area contributed by atoms with Crippen molar-refractivity contribution in [1.29, 1.82) is 0 Å². The van der Waals surface area contributed by atoms with Crippen LogP contribution >= 0.6 is 34.5 Å². The highest BCUT2D eigenvalue weighted by Gasteiger charge is 2.34. The molecule has 0 radical (unpaired) electrons. The Morgan fingerprint density at radius 1 is 1.19 bits per heavy atom. The first-order valence-corrected chi connectivity index (χ1v) is 15.2. The van der Waals surface area contributed by atoms with Crippen molar-refractivity contribution in [2.75, 3.05) is 32.1 Å². The van der Waals surface area contributed by atoms with Crippen molar-refractivity contribution in [3.05, 3.63) is 86.8 Å². The zero-order valence-corrected chi connectivity index (χ0v) is 25.8. The third kappa shape index (κ3) is 6.55. The molecule has 220 valence electrons. The van der Waals surface area contributed by atoms with Crippen LogP contribution in [0.15, 0.2) is 60.7 Å². The zero-order valence-electron chi connectivity index (χ0n) is 23.5. The highest BCUT2D eigenvalue weighted by molar-refractivity contribution is 7.20. The van der Waals surface area contributed by atoms with Crippen LogP contribution in [0.2, 0.25) is 10.0 Å². The van der Waals surface area contributed by atoms with E-state index in [0.29, 0.717) is 51.7 Å². The molecule has 42 heavy (non-hydrogen) atoms. The number of ether oxygens (including phenoxy) is 1. The molecule has 3 atom stereocenters. The van der Waals surface area contributed by atoms with Gasteiger partial charge in [-0.15, -0.1) is 11.3 Å². The lowest BCUT2D eigenvalue weighted by molar-refractivity contribution is 0.0343. The van der Waals surface area contributed by atoms with Crippen molar-refractivity contribution in [2.45, 2.75) is 32.5 Å². The van der Waals surface area contributed by atoms with E-state index in [1.54, 1.807) is 29.2 Å². The molecule has 0 aliphatic carbocycles. The van der Waals surface area contributed by atoms with Crippen molar-refractivity contribution in [3.8, 4) is 5.75 Å². The van der Waals surface area contributed by atoms with Gasteiger partial charge in [0.25, 0.3) is 11.8 Å². The first kappa shape index (κ1) is 30.3. The minimum absolute atomic E-state index is 0.0969. The molecule has 4 aromatic rings. The molecule has 8 nitrogen and oxygen atoms in total. The number of nitrogens with zero attached hydrogens (tertiary/aromatic N) is 3. The summed E-state index contributed by atoms with van der Waals surface area (Å²) in [4.78, 5) is 35.4. The summed E-state index contributed by atoms with van der Waals surface area (Å²) < 4.78 is 7.54. The van der Waals surface area contributed by atoms with Gasteiger partial charge in [0.2, 0.25) is 0 Å². The van der Waals surface area contributed by atoms with E-state index >= 15 is 0 Å². The molecule has 2 heterocycles. The van der Waals surface area contributed by atoms with Crippen LogP contribution in [0.25, 0.3) is 10.2 Å². The van der Waals surface area contributed by atoms with E-state index < -0.39 is 6.04 Å². The van der Waals surface area contributed by atoms with Crippen molar-refractivity contribution in [2.24, 2.45) is 5.92 Å². The number of rotatable bonds is 8. The maximum atomic E-state index is 13.8. The van der Waals surface area contributed by atoms with E-state index in [-0.39, 0.29) is 30.4 Å². The average molecular weight is 628 g/mol. The third-order valence-electron chi connectivity index (χ3n) is 7.36. The van der Waals surface area contributed by atoms with Gasteiger partial charge in [0.1, 0.15) is 6.10 Å². The minimum Gasteiger partial charge on any atom is -0.486 e. The monoisotopic (exact) mass is 626 g/mol. The van der Waals surface area contributed by atoms with Crippen LogP contribution in [-0.2, 0) is 6.54 Å². The Hall–Kier alpha value is -3.21. The van der Waals surface area contributed by atoms with Gasteiger partial charge in [-0.1, -0.05) is 54.4 Å². The molecule has 1 aliphatic rings. The normalized spacial score (nSPS) is 17.9. The van der Waals surface area contributed by atoms with Gasteiger partial charge in [-0.25, -0.2) is 4.98 Å². The Morgan fingerprint density at radius 3 is 2.71 bits per heavy atom. The first-order chi connectivity index (χ1) is 20.1. The van der Waals surface area contributed by atoms with Crippen LogP contribution in [0, 0.1) is 5.92 Å². The molecular formula is C31H32Cl2N4O4S.